The number of para-hydroxylation sites is 2. The fourth-order valence-corrected chi connectivity index (χ4v) is 2.59. The van der Waals surface area contributed by atoms with Crippen molar-refractivity contribution in [3.05, 3.63) is 30.1 Å². The lowest BCUT2D eigenvalue weighted by Crippen LogP contribution is -2.45. The summed E-state index contributed by atoms with van der Waals surface area (Å²) in [6.45, 7) is 7.95. The molecule has 7 heteroatoms. The van der Waals surface area contributed by atoms with Gasteiger partial charge >= 0.3 is 12.1 Å². The maximum absolute atomic E-state index is 11.9. The Morgan fingerprint density at radius 2 is 2.00 bits per heavy atom. The zero-order chi connectivity index (χ0) is 18.6. The number of nitrogens with one attached hydrogen (secondary N) is 1. The second-order valence-corrected chi connectivity index (χ2v) is 6.91. The van der Waals surface area contributed by atoms with E-state index in [1.54, 1.807) is 20.8 Å². The van der Waals surface area contributed by atoms with Gasteiger partial charge in [-0.1, -0.05) is 19.1 Å². The largest absolute Gasteiger partial charge is 0.480 e. The summed E-state index contributed by atoms with van der Waals surface area (Å²) < 4.78 is 7.15. The predicted molar refractivity (Wildman–Crippen MR) is 94.5 cm³/mol. The highest BCUT2D eigenvalue weighted by atomic mass is 16.6. The van der Waals surface area contributed by atoms with E-state index in [1.807, 2.05) is 35.8 Å². The van der Waals surface area contributed by atoms with Crippen LogP contribution >= 0.6 is 0 Å². The number of carbonyl (C=O) groups excluding carboxylic acids is 1. The SMILES string of the molecule is CCCn1c(CC(NC(=O)OC(C)(C)C)C(=O)O)nc2ccccc21. The summed E-state index contributed by atoms with van der Waals surface area (Å²) in [4.78, 5) is 28.0. The van der Waals surface area contributed by atoms with E-state index in [0.717, 1.165) is 24.0 Å². The Morgan fingerprint density at radius 1 is 1.32 bits per heavy atom. The smallest absolute Gasteiger partial charge is 0.408 e. The summed E-state index contributed by atoms with van der Waals surface area (Å²) in [6.07, 6.45) is 0.228. The topological polar surface area (TPSA) is 93.5 Å². The number of hydrogen-bond acceptors (Lipinski definition) is 4. The number of aromatic nitrogens is 2. The summed E-state index contributed by atoms with van der Waals surface area (Å²) in [5, 5.41) is 11.9. The van der Waals surface area contributed by atoms with E-state index in [-0.39, 0.29) is 6.42 Å². The van der Waals surface area contributed by atoms with Gasteiger partial charge < -0.3 is 19.7 Å². The number of aliphatic carboxylic acids is 1. The number of hydrogen-bond donors (Lipinski definition) is 2. The first-order valence-electron chi connectivity index (χ1n) is 8.37. The Hall–Kier alpha value is -2.57. The molecule has 7 nitrogen and oxygen atoms in total. The average Bonchev–Trinajstić information content (AvgIpc) is 2.83. The molecule has 0 bridgehead atoms. The number of benzene rings is 1. The van der Waals surface area contributed by atoms with E-state index >= 15 is 0 Å². The molecule has 0 saturated heterocycles. The number of imidazole rings is 1. The molecule has 1 amide bonds. The molecule has 2 N–H and O–H groups in total. The molecule has 2 aromatic rings. The van der Waals surface area contributed by atoms with Crippen LogP contribution in [-0.2, 0) is 22.5 Å². The van der Waals surface area contributed by atoms with Crippen LogP contribution in [0.2, 0.25) is 0 Å². The van der Waals surface area contributed by atoms with E-state index in [4.69, 9.17) is 4.74 Å². The van der Waals surface area contributed by atoms with Gasteiger partial charge in [0, 0.05) is 13.0 Å². The molecular formula is C18H25N3O4. The average molecular weight is 347 g/mol. The van der Waals surface area contributed by atoms with Gasteiger partial charge in [-0.25, -0.2) is 14.6 Å². The molecule has 1 aromatic heterocycles. The van der Waals surface area contributed by atoms with Crippen LogP contribution < -0.4 is 5.32 Å². The van der Waals surface area contributed by atoms with Gasteiger partial charge in [0.1, 0.15) is 17.5 Å². The molecule has 0 aliphatic heterocycles. The molecule has 25 heavy (non-hydrogen) atoms. The number of rotatable bonds is 6. The van der Waals surface area contributed by atoms with Gasteiger partial charge in [-0.3, -0.25) is 0 Å². The lowest BCUT2D eigenvalue weighted by atomic mass is 10.2. The van der Waals surface area contributed by atoms with Crippen LogP contribution in [0.25, 0.3) is 11.0 Å². The van der Waals surface area contributed by atoms with Crippen molar-refractivity contribution in [2.75, 3.05) is 0 Å². The summed E-state index contributed by atoms with van der Waals surface area (Å²) in [6, 6.07) is 6.55. The van der Waals surface area contributed by atoms with E-state index in [0.29, 0.717) is 5.82 Å². The van der Waals surface area contributed by atoms with Crippen LogP contribution in [0.5, 0.6) is 0 Å². The van der Waals surface area contributed by atoms with E-state index in [9.17, 15) is 14.7 Å². The molecule has 1 aromatic carbocycles. The van der Waals surface area contributed by atoms with Crippen LogP contribution in [-0.4, -0.2) is 38.4 Å². The van der Waals surface area contributed by atoms with Crippen molar-refractivity contribution in [2.24, 2.45) is 0 Å². The van der Waals surface area contributed by atoms with Crippen LogP contribution in [0.15, 0.2) is 24.3 Å². The summed E-state index contributed by atoms with van der Waals surface area (Å²) in [5.41, 5.74) is 1.08. The zero-order valence-corrected chi connectivity index (χ0v) is 15.1. The molecule has 0 spiro atoms. The van der Waals surface area contributed by atoms with Crippen molar-refractivity contribution in [3.63, 3.8) is 0 Å². The van der Waals surface area contributed by atoms with Crippen molar-refractivity contribution in [1.29, 1.82) is 0 Å². The Labute approximate surface area is 147 Å². The Kier molecular flexibility index (Phi) is 5.66. The number of fused-ring (bicyclic) bond motifs is 1. The van der Waals surface area contributed by atoms with E-state index in [1.165, 1.54) is 0 Å². The van der Waals surface area contributed by atoms with E-state index in [2.05, 4.69) is 10.3 Å². The fourth-order valence-electron chi connectivity index (χ4n) is 2.59. The van der Waals surface area contributed by atoms with Crippen molar-refractivity contribution in [1.82, 2.24) is 14.9 Å². The molecule has 2 rings (SSSR count). The third kappa shape index (κ3) is 4.95. The van der Waals surface area contributed by atoms with Crippen LogP contribution in [0.4, 0.5) is 4.79 Å². The lowest BCUT2D eigenvalue weighted by molar-refractivity contribution is -0.139. The second kappa shape index (κ2) is 7.55. The number of nitrogens with zero attached hydrogens (tertiary/aromatic N) is 2. The van der Waals surface area contributed by atoms with Crippen molar-refractivity contribution < 1.29 is 19.4 Å². The molecule has 0 radical (unpaired) electrons. The molecular weight excluding hydrogens is 322 g/mol. The monoisotopic (exact) mass is 347 g/mol. The number of ether oxygens (including phenoxy) is 1. The summed E-state index contributed by atoms with van der Waals surface area (Å²) >= 11 is 0. The number of amides is 1. The Morgan fingerprint density at radius 3 is 2.60 bits per heavy atom. The number of alkyl carbamates (subject to hydrolysis) is 1. The number of aryl methyl sites for hydroxylation is 1. The first kappa shape index (κ1) is 18.8. The quantitative estimate of drug-likeness (QED) is 0.838. The fraction of sp³-hybridized carbons (Fsp3) is 0.500. The molecule has 1 heterocycles. The highest BCUT2D eigenvalue weighted by Crippen LogP contribution is 2.18. The summed E-state index contributed by atoms with van der Waals surface area (Å²) in [5.74, 6) is -0.493. The van der Waals surface area contributed by atoms with Crippen molar-refractivity contribution in [2.45, 2.75) is 58.7 Å². The molecule has 0 fully saturated rings. The normalized spacial score (nSPS) is 12.8. The lowest BCUT2D eigenvalue weighted by Gasteiger charge is -2.22. The molecule has 1 unspecified atom stereocenters. The van der Waals surface area contributed by atoms with Gasteiger partial charge in [-0.05, 0) is 39.3 Å². The highest BCUT2D eigenvalue weighted by Gasteiger charge is 2.26. The van der Waals surface area contributed by atoms with Crippen LogP contribution in [0, 0.1) is 0 Å². The standard InChI is InChI=1S/C18H25N3O4/c1-5-10-21-14-9-7-6-8-12(14)19-15(21)11-13(16(22)23)20-17(24)25-18(2,3)4/h6-9,13H,5,10-11H2,1-4H3,(H,20,24)(H,22,23). The maximum Gasteiger partial charge on any atom is 0.408 e. The first-order chi connectivity index (χ1) is 11.7. The summed E-state index contributed by atoms with van der Waals surface area (Å²) in [7, 11) is 0. The second-order valence-electron chi connectivity index (χ2n) is 6.91. The molecule has 0 aliphatic rings. The molecule has 1 atom stereocenters. The van der Waals surface area contributed by atoms with Crippen molar-refractivity contribution >= 4 is 23.1 Å². The molecule has 0 saturated carbocycles. The Bertz CT molecular complexity index is 761. The predicted octanol–water partition coefficient (Wildman–Crippen LogP) is 2.97. The van der Waals surface area contributed by atoms with Gasteiger partial charge in [-0.15, -0.1) is 0 Å². The molecule has 136 valence electrons. The van der Waals surface area contributed by atoms with Gasteiger partial charge in [0.25, 0.3) is 0 Å². The number of carboxylic acid groups (broad SMARTS) is 1. The van der Waals surface area contributed by atoms with Gasteiger partial charge in [0.2, 0.25) is 0 Å². The third-order valence-electron chi connectivity index (χ3n) is 3.56. The maximum atomic E-state index is 11.9. The minimum absolute atomic E-state index is 0.0866. The van der Waals surface area contributed by atoms with Gasteiger partial charge in [0.05, 0.1) is 11.0 Å². The Balaban J connectivity index is 2.24. The zero-order valence-electron chi connectivity index (χ0n) is 15.1. The van der Waals surface area contributed by atoms with Crippen LogP contribution in [0.1, 0.15) is 39.9 Å². The highest BCUT2D eigenvalue weighted by molar-refractivity contribution is 5.81. The van der Waals surface area contributed by atoms with E-state index < -0.39 is 23.7 Å². The minimum atomic E-state index is -1.12. The van der Waals surface area contributed by atoms with Crippen LogP contribution in [0.3, 0.4) is 0 Å². The van der Waals surface area contributed by atoms with Gasteiger partial charge in [-0.2, -0.15) is 0 Å². The number of carbonyl (C=O) groups is 2. The van der Waals surface area contributed by atoms with Crippen molar-refractivity contribution in [3.8, 4) is 0 Å². The molecule has 0 aliphatic carbocycles. The number of carboxylic acids is 1. The van der Waals surface area contributed by atoms with Gasteiger partial charge in [0.15, 0.2) is 0 Å². The first-order valence-corrected chi connectivity index (χ1v) is 8.37. The third-order valence-corrected chi connectivity index (χ3v) is 3.56. The minimum Gasteiger partial charge on any atom is -0.480 e.